The lowest BCUT2D eigenvalue weighted by molar-refractivity contribution is -0.129. The Morgan fingerprint density at radius 2 is 1.72 bits per heavy atom. The largest absolute Gasteiger partial charge is 0.347 e. The summed E-state index contributed by atoms with van der Waals surface area (Å²) in [6, 6.07) is 13.2. The summed E-state index contributed by atoms with van der Waals surface area (Å²) in [7, 11) is -0.390. The molecule has 2 aromatic carbocycles. The summed E-state index contributed by atoms with van der Waals surface area (Å²) in [6.07, 6.45) is 1.52. The highest BCUT2D eigenvalue weighted by atomic mass is 35.5. The summed E-state index contributed by atoms with van der Waals surface area (Å²) in [5, 5.41) is 1.06. The summed E-state index contributed by atoms with van der Waals surface area (Å²) < 4.78 is 27.7. The molecular weight excluding hydrogens is 360 g/mol. The van der Waals surface area contributed by atoms with Crippen LogP contribution in [0.25, 0.3) is 10.9 Å². The number of hydrogen-bond acceptors (Lipinski definition) is 3. The summed E-state index contributed by atoms with van der Waals surface area (Å²) in [5.41, 5.74) is 0.699. The smallest absolute Gasteiger partial charge is 0.241 e. The molecule has 0 saturated heterocycles. The van der Waals surface area contributed by atoms with Crippen LogP contribution >= 0.6 is 11.6 Å². The molecule has 25 heavy (non-hydrogen) atoms. The van der Waals surface area contributed by atoms with E-state index >= 15 is 0 Å². The first-order valence-corrected chi connectivity index (χ1v) is 9.45. The Hall–Kier alpha value is -2.31. The fraction of sp³-hybridized carbons (Fsp3) is 0.167. The van der Waals surface area contributed by atoms with Crippen LogP contribution in [-0.4, -0.2) is 37.9 Å². The first-order chi connectivity index (χ1) is 11.8. The number of fused-ring (bicyclic) bond motifs is 1. The molecule has 0 bridgehead atoms. The van der Waals surface area contributed by atoms with E-state index in [-0.39, 0.29) is 22.2 Å². The molecule has 5 nitrogen and oxygen atoms in total. The SMILES string of the molecule is CN(C)C(=O)Cn1cc(S(=O)(=O)c2ccc(Cl)cc2)c2ccccc21. The highest BCUT2D eigenvalue weighted by Crippen LogP contribution is 2.30. The monoisotopic (exact) mass is 376 g/mol. The highest BCUT2D eigenvalue weighted by molar-refractivity contribution is 7.91. The van der Waals surface area contributed by atoms with Crippen molar-refractivity contribution in [1.82, 2.24) is 9.47 Å². The molecule has 3 rings (SSSR count). The van der Waals surface area contributed by atoms with Crippen molar-refractivity contribution in [2.45, 2.75) is 16.3 Å². The standard InChI is InChI=1S/C18H17ClN2O3S/c1-20(2)18(22)12-21-11-17(15-5-3-4-6-16(15)21)25(23,24)14-9-7-13(19)8-10-14/h3-11H,12H2,1-2H3. The molecule has 0 saturated carbocycles. The van der Waals surface area contributed by atoms with E-state index in [9.17, 15) is 13.2 Å². The number of halogens is 1. The van der Waals surface area contributed by atoms with Gasteiger partial charge in [-0.25, -0.2) is 8.42 Å². The summed E-state index contributed by atoms with van der Waals surface area (Å²) >= 11 is 5.85. The van der Waals surface area contributed by atoms with Crippen molar-refractivity contribution in [3.8, 4) is 0 Å². The van der Waals surface area contributed by atoms with Crippen molar-refractivity contribution < 1.29 is 13.2 Å². The van der Waals surface area contributed by atoms with Gasteiger partial charge >= 0.3 is 0 Å². The van der Waals surface area contributed by atoms with E-state index in [4.69, 9.17) is 11.6 Å². The quantitative estimate of drug-likeness (QED) is 0.702. The molecule has 0 atom stereocenters. The third-order valence-corrected chi connectivity index (χ3v) is 6.02. The van der Waals surface area contributed by atoms with Gasteiger partial charge in [0.05, 0.1) is 9.79 Å². The summed E-state index contributed by atoms with van der Waals surface area (Å²) in [5.74, 6) is -0.115. The maximum atomic E-state index is 13.0. The molecule has 0 spiro atoms. The molecule has 7 heteroatoms. The van der Waals surface area contributed by atoms with Crippen LogP contribution in [0.15, 0.2) is 64.5 Å². The van der Waals surface area contributed by atoms with E-state index in [1.54, 1.807) is 49.0 Å². The zero-order chi connectivity index (χ0) is 18.2. The maximum absolute atomic E-state index is 13.0. The Bertz CT molecular complexity index is 1040. The Morgan fingerprint density at radius 1 is 1.08 bits per heavy atom. The van der Waals surface area contributed by atoms with Crippen LogP contribution in [0.5, 0.6) is 0 Å². The van der Waals surface area contributed by atoms with Gasteiger partial charge in [-0.2, -0.15) is 0 Å². The second-order valence-corrected chi connectivity index (χ2v) is 8.24. The van der Waals surface area contributed by atoms with Gasteiger partial charge < -0.3 is 9.47 Å². The minimum absolute atomic E-state index is 0.0731. The fourth-order valence-electron chi connectivity index (χ4n) is 2.59. The minimum Gasteiger partial charge on any atom is -0.347 e. The van der Waals surface area contributed by atoms with Crippen LogP contribution in [0.3, 0.4) is 0 Å². The van der Waals surface area contributed by atoms with E-state index in [2.05, 4.69) is 0 Å². The number of rotatable bonds is 4. The molecule has 130 valence electrons. The number of aromatic nitrogens is 1. The average Bonchev–Trinajstić information content (AvgIpc) is 2.95. The molecule has 0 radical (unpaired) electrons. The number of sulfone groups is 1. The molecule has 0 aliphatic carbocycles. The summed E-state index contributed by atoms with van der Waals surface area (Å²) in [6.45, 7) is 0.0731. The number of amides is 1. The van der Waals surface area contributed by atoms with Gasteiger partial charge in [0.2, 0.25) is 15.7 Å². The van der Waals surface area contributed by atoms with Gasteiger partial charge in [0, 0.05) is 36.2 Å². The molecule has 0 unspecified atom stereocenters. The Balaban J connectivity index is 2.16. The van der Waals surface area contributed by atoms with Gasteiger partial charge in [0.15, 0.2) is 0 Å². The van der Waals surface area contributed by atoms with Crippen molar-refractivity contribution in [2.75, 3.05) is 14.1 Å². The van der Waals surface area contributed by atoms with E-state index in [1.807, 2.05) is 6.07 Å². The second kappa shape index (κ2) is 6.54. The predicted molar refractivity (Wildman–Crippen MR) is 97.5 cm³/mol. The van der Waals surface area contributed by atoms with Crippen LogP contribution < -0.4 is 0 Å². The molecule has 0 fully saturated rings. The molecule has 1 aromatic heterocycles. The van der Waals surface area contributed by atoms with Gasteiger partial charge in [-0.05, 0) is 30.3 Å². The molecule has 1 amide bonds. The first-order valence-electron chi connectivity index (χ1n) is 7.59. The van der Waals surface area contributed by atoms with Gasteiger partial charge in [0.25, 0.3) is 0 Å². The average molecular weight is 377 g/mol. The van der Waals surface area contributed by atoms with Crippen LogP contribution in [0.4, 0.5) is 0 Å². The van der Waals surface area contributed by atoms with Gasteiger partial charge in [-0.3, -0.25) is 4.79 Å². The normalized spacial score (nSPS) is 11.6. The van der Waals surface area contributed by atoms with E-state index in [0.29, 0.717) is 15.9 Å². The molecular formula is C18H17ClN2O3S. The van der Waals surface area contributed by atoms with E-state index in [1.165, 1.54) is 23.2 Å². The first kappa shape index (κ1) is 17.5. The zero-order valence-corrected chi connectivity index (χ0v) is 15.4. The van der Waals surface area contributed by atoms with Crippen LogP contribution in [0.2, 0.25) is 5.02 Å². The van der Waals surface area contributed by atoms with Crippen molar-refractivity contribution in [1.29, 1.82) is 0 Å². The maximum Gasteiger partial charge on any atom is 0.241 e. The van der Waals surface area contributed by atoms with Crippen molar-refractivity contribution in [2.24, 2.45) is 0 Å². The Morgan fingerprint density at radius 3 is 2.36 bits per heavy atom. The minimum atomic E-state index is -3.72. The fourth-order valence-corrected chi connectivity index (χ4v) is 4.19. The molecule has 0 N–H and O–H groups in total. The Kier molecular flexibility index (Phi) is 4.58. The number of carbonyl (C=O) groups excluding carboxylic acids is 1. The van der Waals surface area contributed by atoms with Gasteiger partial charge in [-0.15, -0.1) is 0 Å². The molecule has 0 aliphatic heterocycles. The third kappa shape index (κ3) is 3.27. The summed E-state index contributed by atoms with van der Waals surface area (Å²) in [4.78, 5) is 13.9. The molecule has 0 aliphatic rings. The topological polar surface area (TPSA) is 59.4 Å². The lowest BCUT2D eigenvalue weighted by atomic mass is 10.2. The highest BCUT2D eigenvalue weighted by Gasteiger charge is 2.24. The Labute approximate surface area is 151 Å². The number of hydrogen-bond donors (Lipinski definition) is 0. The van der Waals surface area contributed by atoms with E-state index in [0.717, 1.165) is 0 Å². The number of benzene rings is 2. The van der Waals surface area contributed by atoms with Gasteiger partial charge in [0.1, 0.15) is 6.54 Å². The zero-order valence-electron chi connectivity index (χ0n) is 13.8. The lowest BCUT2D eigenvalue weighted by Crippen LogP contribution is -2.25. The van der Waals surface area contributed by atoms with Crippen molar-refractivity contribution in [3.05, 3.63) is 59.8 Å². The number of likely N-dealkylation sites (N-methyl/N-ethyl adjacent to an activating group) is 1. The van der Waals surface area contributed by atoms with Crippen LogP contribution in [-0.2, 0) is 21.2 Å². The number of para-hydroxylation sites is 1. The van der Waals surface area contributed by atoms with Crippen LogP contribution in [0.1, 0.15) is 0 Å². The van der Waals surface area contributed by atoms with Crippen LogP contribution in [0, 0.1) is 0 Å². The third-order valence-electron chi connectivity index (χ3n) is 3.97. The number of carbonyl (C=O) groups is 1. The predicted octanol–water partition coefficient (Wildman–Crippen LogP) is 3.22. The van der Waals surface area contributed by atoms with Gasteiger partial charge in [-0.1, -0.05) is 29.8 Å². The molecule has 1 heterocycles. The van der Waals surface area contributed by atoms with E-state index < -0.39 is 9.84 Å². The second-order valence-electron chi connectivity index (χ2n) is 5.88. The molecule has 3 aromatic rings. The van der Waals surface area contributed by atoms with Crippen molar-refractivity contribution >= 4 is 38.2 Å². The lowest BCUT2D eigenvalue weighted by Gasteiger charge is -2.11. The number of nitrogens with zero attached hydrogens (tertiary/aromatic N) is 2. The van der Waals surface area contributed by atoms with Crippen molar-refractivity contribution in [3.63, 3.8) is 0 Å².